The van der Waals surface area contributed by atoms with Crippen molar-refractivity contribution in [1.29, 1.82) is 0 Å². The summed E-state index contributed by atoms with van der Waals surface area (Å²) in [5.41, 5.74) is 0.404. The summed E-state index contributed by atoms with van der Waals surface area (Å²) in [6, 6.07) is 9.17. The Hall–Kier alpha value is -3.68. The molecular weight excluding hydrogens is 378 g/mol. The molecule has 0 saturated carbocycles. The van der Waals surface area contributed by atoms with Crippen LogP contribution in [0.15, 0.2) is 45.6 Å². The zero-order valence-electron chi connectivity index (χ0n) is 16.5. The molecule has 1 N–H and O–H groups in total. The first-order valence-corrected chi connectivity index (χ1v) is 8.84. The van der Waals surface area contributed by atoms with Gasteiger partial charge in [0.25, 0.3) is 0 Å². The minimum absolute atomic E-state index is 0.0586. The second kappa shape index (κ2) is 8.14. The van der Waals surface area contributed by atoms with E-state index in [9.17, 15) is 14.7 Å². The standard InChI is InChI=1S/C21H21NO7/c1-5-22(2)21(25)28-13-8-6-12(7-9-13)16-10-14(23)18-17(29-16)11-15(24)19(26-3)20(18)27-4/h6-11,24H,5H2,1-4H3. The predicted molar refractivity (Wildman–Crippen MR) is 107 cm³/mol. The third-order valence-electron chi connectivity index (χ3n) is 4.45. The first kappa shape index (κ1) is 20.1. The highest BCUT2D eigenvalue weighted by Gasteiger charge is 2.20. The third kappa shape index (κ3) is 3.82. The van der Waals surface area contributed by atoms with Crippen molar-refractivity contribution in [3.8, 4) is 34.3 Å². The van der Waals surface area contributed by atoms with Gasteiger partial charge in [0.1, 0.15) is 22.5 Å². The number of hydrogen-bond donors (Lipinski definition) is 1. The van der Waals surface area contributed by atoms with Crippen LogP contribution in [0.3, 0.4) is 0 Å². The summed E-state index contributed by atoms with van der Waals surface area (Å²) in [7, 11) is 4.38. The van der Waals surface area contributed by atoms with Gasteiger partial charge in [-0.15, -0.1) is 0 Å². The van der Waals surface area contributed by atoms with Crippen LogP contribution in [-0.2, 0) is 0 Å². The molecule has 1 aromatic heterocycles. The molecule has 0 radical (unpaired) electrons. The number of methoxy groups -OCH3 is 2. The van der Waals surface area contributed by atoms with Crippen molar-refractivity contribution >= 4 is 17.1 Å². The highest BCUT2D eigenvalue weighted by Crippen LogP contribution is 2.42. The van der Waals surface area contributed by atoms with Crippen LogP contribution >= 0.6 is 0 Å². The van der Waals surface area contributed by atoms with Gasteiger partial charge < -0.3 is 28.6 Å². The molecule has 0 aliphatic rings. The van der Waals surface area contributed by atoms with Crippen LogP contribution in [0.25, 0.3) is 22.3 Å². The number of phenolic OH excluding ortho intramolecular Hbond substituents is 1. The van der Waals surface area contributed by atoms with Gasteiger partial charge in [-0.05, 0) is 31.2 Å². The van der Waals surface area contributed by atoms with Crippen LogP contribution in [0.1, 0.15) is 6.92 Å². The fourth-order valence-corrected chi connectivity index (χ4v) is 2.79. The molecule has 2 aromatic carbocycles. The molecule has 1 amide bonds. The zero-order chi connectivity index (χ0) is 21.1. The first-order valence-electron chi connectivity index (χ1n) is 8.84. The molecular formula is C21H21NO7. The molecule has 0 unspecified atom stereocenters. The molecule has 1 heterocycles. The van der Waals surface area contributed by atoms with Crippen molar-refractivity contribution in [2.45, 2.75) is 6.92 Å². The molecule has 8 nitrogen and oxygen atoms in total. The predicted octanol–water partition coefficient (Wildman–Crippen LogP) is 3.63. The van der Waals surface area contributed by atoms with Gasteiger partial charge in [0.2, 0.25) is 5.75 Å². The summed E-state index contributed by atoms with van der Waals surface area (Å²) in [6.07, 6.45) is -0.464. The van der Waals surface area contributed by atoms with E-state index < -0.39 is 6.09 Å². The van der Waals surface area contributed by atoms with Crippen LogP contribution in [0, 0.1) is 0 Å². The molecule has 0 fully saturated rings. The van der Waals surface area contributed by atoms with Crippen LogP contribution in [0.2, 0.25) is 0 Å². The van der Waals surface area contributed by atoms with Crippen LogP contribution < -0.4 is 19.6 Å². The Morgan fingerprint density at radius 1 is 1.10 bits per heavy atom. The minimum atomic E-state index is -0.464. The Morgan fingerprint density at radius 2 is 1.76 bits per heavy atom. The van der Waals surface area contributed by atoms with Crippen molar-refractivity contribution < 1.29 is 28.5 Å². The van der Waals surface area contributed by atoms with Gasteiger partial charge in [0.15, 0.2) is 16.9 Å². The number of amides is 1. The van der Waals surface area contributed by atoms with Crippen molar-refractivity contribution in [3.05, 3.63) is 46.6 Å². The quantitative estimate of drug-likeness (QED) is 0.699. The van der Waals surface area contributed by atoms with E-state index in [0.29, 0.717) is 17.9 Å². The van der Waals surface area contributed by atoms with Gasteiger partial charge in [-0.2, -0.15) is 0 Å². The first-order chi connectivity index (χ1) is 13.9. The molecule has 0 aliphatic carbocycles. The minimum Gasteiger partial charge on any atom is -0.504 e. The zero-order valence-corrected chi connectivity index (χ0v) is 16.5. The fraction of sp³-hybridized carbons (Fsp3) is 0.238. The van der Waals surface area contributed by atoms with Crippen molar-refractivity contribution in [2.75, 3.05) is 27.8 Å². The molecule has 0 bridgehead atoms. The summed E-state index contributed by atoms with van der Waals surface area (Å²) in [6.45, 7) is 2.37. The molecule has 152 valence electrons. The average molecular weight is 399 g/mol. The summed E-state index contributed by atoms with van der Waals surface area (Å²) in [4.78, 5) is 26.0. The molecule has 0 spiro atoms. The summed E-state index contributed by atoms with van der Waals surface area (Å²) in [5, 5.41) is 10.3. The molecule has 3 aromatic rings. The van der Waals surface area contributed by atoms with E-state index in [1.165, 1.54) is 31.3 Å². The van der Waals surface area contributed by atoms with E-state index in [2.05, 4.69) is 0 Å². The number of fused-ring (bicyclic) bond motifs is 1. The number of ether oxygens (including phenoxy) is 3. The third-order valence-corrected chi connectivity index (χ3v) is 4.45. The molecule has 29 heavy (non-hydrogen) atoms. The van der Waals surface area contributed by atoms with Gasteiger partial charge in [-0.3, -0.25) is 4.79 Å². The SMILES string of the molecule is CCN(C)C(=O)Oc1ccc(-c2cc(=O)c3c(OC)c(OC)c(O)cc3o2)cc1. The topological polar surface area (TPSA) is 98.4 Å². The fourth-order valence-electron chi connectivity index (χ4n) is 2.79. The maximum atomic E-state index is 12.7. The molecule has 0 aliphatic heterocycles. The average Bonchev–Trinajstić information content (AvgIpc) is 2.72. The molecule has 0 atom stereocenters. The van der Waals surface area contributed by atoms with E-state index in [-0.39, 0.29) is 39.4 Å². The largest absolute Gasteiger partial charge is 0.504 e. The smallest absolute Gasteiger partial charge is 0.414 e. The summed E-state index contributed by atoms with van der Waals surface area (Å²) >= 11 is 0. The number of hydrogen-bond acceptors (Lipinski definition) is 7. The molecule has 0 saturated heterocycles. The van der Waals surface area contributed by atoms with Crippen LogP contribution in [-0.4, -0.2) is 43.9 Å². The van der Waals surface area contributed by atoms with Gasteiger partial charge >= 0.3 is 6.09 Å². The van der Waals surface area contributed by atoms with Crippen LogP contribution in [0.4, 0.5) is 4.79 Å². The Labute approximate surface area is 166 Å². The van der Waals surface area contributed by atoms with Crippen molar-refractivity contribution in [1.82, 2.24) is 4.90 Å². The lowest BCUT2D eigenvalue weighted by Gasteiger charge is -2.14. The number of nitrogens with zero attached hydrogens (tertiary/aromatic N) is 1. The van der Waals surface area contributed by atoms with Gasteiger partial charge in [-0.1, -0.05) is 0 Å². The lowest BCUT2D eigenvalue weighted by Crippen LogP contribution is -2.29. The lowest BCUT2D eigenvalue weighted by atomic mass is 10.1. The number of rotatable bonds is 5. The second-order valence-corrected chi connectivity index (χ2v) is 6.22. The van der Waals surface area contributed by atoms with E-state index >= 15 is 0 Å². The summed E-state index contributed by atoms with van der Waals surface area (Å²) in [5.74, 6) is 0.608. The lowest BCUT2D eigenvalue weighted by molar-refractivity contribution is 0.165. The highest BCUT2D eigenvalue weighted by atomic mass is 16.6. The van der Waals surface area contributed by atoms with E-state index in [4.69, 9.17) is 18.6 Å². The monoisotopic (exact) mass is 399 g/mol. The number of benzene rings is 2. The maximum absolute atomic E-state index is 12.7. The van der Waals surface area contributed by atoms with Gasteiger partial charge in [0, 0.05) is 31.3 Å². The Bertz CT molecular complexity index is 1100. The Morgan fingerprint density at radius 3 is 2.34 bits per heavy atom. The van der Waals surface area contributed by atoms with Crippen molar-refractivity contribution in [2.24, 2.45) is 0 Å². The number of carbonyl (C=O) groups excluding carboxylic acids is 1. The van der Waals surface area contributed by atoms with Crippen LogP contribution in [0.5, 0.6) is 23.0 Å². The Balaban J connectivity index is 2.01. The van der Waals surface area contributed by atoms with Gasteiger partial charge in [0.05, 0.1) is 14.2 Å². The Kier molecular flexibility index (Phi) is 5.63. The molecule has 3 rings (SSSR count). The highest BCUT2D eigenvalue weighted by molar-refractivity contribution is 5.90. The maximum Gasteiger partial charge on any atom is 0.414 e. The number of aromatic hydroxyl groups is 1. The summed E-state index contributed by atoms with van der Waals surface area (Å²) < 4.78 is 21.4. The number of phenols is 1. The normalized spacial score (nSPS) is 10.6. The number of carbonyl (C=O) groups is 1. The molecule has 8 heteroatoms. The second-order valence-electron chi connectivity index (χ2n) is 6.22. The van der Waals surface area contributed by atoms with Gasteiger partial charge in [-0.25, -0.2) is 4.79 Å². The van der Waals surface area contributed by atoms with Crippen molar-refractivity contribution in [3.63, 3.8) is 0 Å². The van der Waals surface area contributed by atoms with E-state index in [1.807, 2.05) is 6.92 Å². The van der Waals surface area contributed by atoms with E-state index in [0.717, 1.165) is 0 Å². The van der Waals surface area contributed by atoms with E-state index in [1.54, 1.807) is 31.3 Å².